The summed E-state index contributed by atoms with van der Waals surface area (Å²) in [6.45, 7) is 16.2. The number of carbonyl (C=O) groups excluding carboxylic acids is 2. The van der Waals surface area contributed by atoms with Gasteiger partial charge in [-0.3, -0.25) is 9.69 Å². The maximum absolute atomic E-state index is 12.9. The molecule has 0 spiro atoms. The van der Waals surface area contributed by atoms with E-state index in [9.17, 15) is 14.9 Å². The maximum atomic E-state index is 12.9. The second-order valence-electron chi connectivity index (χ2n) is 9.91. The molecule has 0 aromatic heterocycles. The van der Waals surface area contributed by atoms with E-state index in [2.05, 4.69) is 21.6 Å². The summed E-state index contributed by atoms with van der Waals surface area (Å²) in [4.78, 5) is 31.5. The van der Waals surface area contributed by atoms with Gasteiger partial charge in [0.05, 0.1) is 24.1 Å². The number of nitriles is 1. The highest BCUT2D eigenvalue weighted by molar-refractivity contribution is 6.09. The lowest BCUT2D eigenvalue weighted by molar-refractivity contribution is -0.130. The predicted octanol–water partition coefficient (Wildman–Crippen LogP) is 3.86. The average molecular weight is 414 g/mol. The Morgan fingerprint density at radius 3 is 2.58 bits per heavy atom. The van der Waals surface area contributed by atoms with Crippen LogP contribution in [-0.4, -0.2) is 36.1 Å². The number of rotatable bonds is 1. The van der Waals surface area contributed by atoms with Crippen LogP contribution in [0.5, 0.6) is 0 Å². The molecular formula is C26H27N3O2. The number of ketones is 2. The normalized spacial score (nSPS) is 34.1. The van der Waals surface area contributed by atoms with Crippen molar-refractivity contribution in [3.63, 3.8) is 0 Å². The second kappa shape index (κ2) is 7.33. The third kappa shape index (κ3) is 3.18. The largest absolute Gasteiger partial charge is 0.307 e. The highest BCUT2D eigenvalue weighted by atomic mass is 16.1. The molecule has 0 aromatic carbocycles. The van der Waals surface area contributed by atoms with Gasteiger partial charge in [-0.25, -0.2) is 4.85 Å². The summed E-state index contributed by atoms with van der Waals surface area (Å²) in [6, 6.07) is 2.04. The first-order chi connectivity index (χ1) is 14.7. The Kier molecular flexibility index (Phi) is 5.04. The van der Waals surface area contributed by atoms with Gasteiger partial charge < -0.3 is 4.79 Å². The molecule has 3 unspecified atom stereocenters. The number of fused-ring (bicyclic) bond motifs is 3. The quantitative estimate of drug-likeness (QED) is 0.484. The number of likely N-dealkylation sites (tertiary alicyclic amines) is 1. The molecule has 0 amide bonds. The minimum Gasteiger partial charge on any atom is -0.307 e. The Balaban J connectivity index is 1.85. The Morgan fingerprint density at radius 1 is 1.23 bits per heavy atom. The van der Waals surface area contributed by atoms with Crippen molar-refractivity contribution in [2.45, 2.75) is 46.5 Å². The minimum absolute atomic E-state index is 0.0393. The number of hydrogen-bond donors (Lipinski definition) is 0. The molecule has 5 nitrogen and oxygen atoms in total. The van der Waals surface area contributed by atoms with Crippen LogP contribution >= 0.6 is 0 Å². The van der Waals surface area contributed by atoms with E-state index in [0.717, 1.165) is 25.1 Å². The predicted molar refractivity (Wildman–Crippen MR) is 117 cm³/mol. The van der Waals surface area contributed by atoms with E-state index in [1.54, 1.807) is 18.2 Å². The first-order valence-electron chi connectivity index (χ1n) is 11.0. The third-order valence-electron chi connectivity index (χ3n) is 7.72. The molecule has 5 heteroatoms. The van der Waals surface area contributed by atoms with Gasteiger partial charge in [-0.15, -0.1) is 0 Å². The number of allylic oxidation sites excluding steroid dienone is 6. The van der Waals surface area contributed by atoms with Crippen molar-refractivity contribution in [3.05, 3.63) is 46.5 Å². The monoisotopic (exact) mass is 413 g/mol. The molecule has 1 saturated heterocycles. The smallest absolute Gasteiger partial charge is 0.226 e. The molecule has 0 N–H and O–H groups in total. The van der Waals surface area contributed by atoms with Gasteiger partial charge in [0, 0.05) is 10.8 Å². The zero-order valence-electron chi connectivity index (χ0n) is 18.4. The van der Waals surface area contributed by atoms with E-state index < -0.39 is 16.2 Å². The molecule has 4 rings (SSSR count). The maximum Gasteiger partial charge on any atom is 0.226 e. The van der Waals surface area contributed by atoms with Crippen molar-refractivity contribution in [1.29, 1.82) is 5.26 Å². The van der Waals surface area contributed by atoms with E-state index in [1.165, 1.54) is 12.8 Å². The van der Waals surface area contributed by atoms with Crippen LogP contribution in [0.25, 0.3) is 4.85 Å². The summed E-state index contributed by atoms with van der Waals surface area (Å²) in [5, 5.41) is 9.54. The summed E-state index contributed by atoms with van der Waals surface area (Å²) < 4.78 is 0. The van der Waals surface area contributed by atoms with Crippen molar-refractivity contribution >= 4 is 11.6 Å². The molecule has 0 bridgehead atoms. The van der Waals surface area contributed by atoms with Crippen LogP contribution in [0, 0.1) is 51.9 Å². The van der Waals surface area contributed by atoms with Gasteiger partial charge in [0.15, 0.2) is 11.6 Å². The highest BCUT2D eigenvalue weighted by Crippen LogP contribution is 2.63. The molecule has 4 aliphatic rings. The average Bonchev–Trinajstić information content (AvgIpc) is 3.25. The van der Waals surface area contributed by atoms with Crippen LogP contribution in [0.3, 0.4) is 0 Å². The number of Topliss-reactive ketones (excluding diaryl/α,β-unsaturated/α-hetero) is 1. The Bertz CT molecular complexity index is 1090. The van der Waals surface area contributed by atoms with Crippen molar-refractivity contribution in [2.24, 2.45) is 22.2 Å². The molecule has 3 atom stereocenters. The number of carbonyl (C=O) groups is 2. The summed E-state index contributed by atoms with van der Waals surface area (Å²) in [5.74, 6) is 6.30. The minimum atomic E-state index is -0.718. The van der Waals surface area contributed by atoms with E-state index in [-0.39, 0.29) is 28.8 Å². The molecule has 158 valence electrons. The molecule has 1 aliphatic heterocycles. The lowest BCUT2D eigenvalue weighted by Crippen LogP contribution is -2.53. The summed E-state index contributed by atoms with van der Waals surface area (Å²) in [7, 11) is 0. The van der Waals surface area contributed by atoms with Crippen LogP contribution in [0.2, 0.25) is 0 Å². The van der Waals surface area contributed by atoms with Crippen molar-refractivity contribution in [1.82, 2.24) is 4.90 Å². The van der Waals surface area contributed by atoms with E-state index in [1.807, 2.05) is 26.8 Å². The van der Waals surface area contributed by atoms with Gasteiger partial charge in [-0.1, -0.05) is 38.7 Å². The van der Waals surface area contributed by atoms with Crippen LogP contribution in [0.4, 0.5) is 0 Å². The van der Waals surface area contributed by atoms with Gasteiger partial charge >= 0.3 is 0 Å². The molecular weight excluding hydrogens is 386 g/mol. The first-order valence-corrected chi connectivity index (χ1v) is 11.0. The van der Waals surface area contributed by atoms with Crippen molar-refractivity contribution in [3.8, 4) is 17.9 Å². The summed E-state index contributed by atoms with van der Waals surface area (Å²) >= 11 is 0. The van der Waals surface area contributed by atoms with E-state index in [4.69, 9.17) is 6.57 Å². The SMILES string of the molecule is [C-]#[N+]C1=CC2(C)C3=CC(=O)C(C#N)=CC3(C#CCN3CCCC3)CCC2C(C)(C)C1=O. The molecule has 0 radical (unpaired) electrons. The van der Waals surface area contributed by atoms with E-state index >= 15 is 0 Å². The molecule has 3 aliphatic carbocycles. The summed E-state index contributed by atoms with van der Waals surface area (Å²) in [5.41, 5.74) is -0.984. The van der Waals surface area contributed by atoms with Gasteiger partial charge in [0.1, 0.15) is 6.07 Å². The van der Waals surface area contributed by atoms with Crippen LogP contribution in [0.1, 0.15) is 46.5 Å². The van der Waals surface area contributed by atoms with Gasteiger partial charge in [0.25, 0.3) is 0 Å². The lowest BCUT2D eigenvalue weighted by Gasteiger charge is -2.56. The Morgan fingerprint density at radius 2 is 1.94 bits per heavy atom. The molecule has 31 heavy (non-hydrogen) atoms. The fraction of sp³-hybridized carbons (Fsp3) is 0.538. The molecule has 1 heterocycles. The van der Waals surface area contributed by atoms with Gasteiger partial charge in [0.2, 0.25) is 5.70 Å². The number of hydrogen-bond acceptors (Lipinski definition) is 4. The fourth-order valence-electron chi connectivity index (χ4n) is 6.15. The standard InChI is InChI=1S/C26H27N3O2/c1-24(2)21-8-10-26(9-7-13-29-11-5-6-12-29)15-18(17-27)20(30)14-22(26)25(21,3)16-19(28-4)23(24)31/h14-16,21H,5-6,8,10-13H2,1-3H3. The Labute approximate surface area is 184 Å². The fourth-order valence-corrected chi connectivity index (χ4v) is 6.15. The second-order valence-corrected chi connectivity index (χ2v) is 9.91. The zero-order chi connectivity index (χ0) is 22.4. The summed E-state index contributed by atoms with van der Waals surface area (Å²) in [6.07, 6.45) is 8.85. The van der Waals surface area contributed by atoms with Crippen LogP contribution in [-0.2, 0) is 9.59 Å². The molecule has 1 saturated carbocycles. The van der Waals surface area contributed by atoms with Crippen molar-refractivity contribution < 1.29 is 9.59 Å². The molecule has 2 fully saturated rings. The first kappa shape index (κ1) is 21.3. The molecule has 0 aromatic rings. The van der Waals surface area contributed by atoms with Gasteiger partial charge in [-0.2, -0.15) is 5.26 Å². The van der Waals surface area contributed by atoms with Crippen LogP contribution in [0.15, 0.2) is 35.1 Å². The van der Waals surface area contributed by atoms with E-state index in [0.29, 0.717) is 13.0 Å². The zero-order valence-corrected chi connectivity index (χ0v) is 18.4. The highest BCUT2D eigenvalue weighted by Gasteiger charge is 2.59. The van der Waals surface area contributed by atoms with Gasteiger partial charge in [-0.05, 0) is 62.4 Å². The van der Waals surface area contributed by atoms with Crippen molar-refractivity contribution in [2.75, 3.05) is 19.6 Å². The topological polar surface area (TPSA) is 65.5 Å². The van der Waals surface area contributed by atoms with Crippen LogP contribution < -0.4 is 0 Å². The lowest BCUT2D eigenvalue weighted by atomic mass is 9.46. The third-order valence-corrected chi connectivity index (χ3v) is 7.72. The Hall–Kier alpha value is -2.94. The number of nitrogens with zero attached hydrogens (tertiary/aromatic N) is 3.